The molecule has 3 N–H and O–H groups in total. The third-order valence-electron chi connectivity index (χ3n) is 4.27. The van der Waals surface area contributed by atoms with Crippen LogP contribution in [0.2, 0.25) is 0 Å². The van der Waals surface area contributed by atoms with Gasteiger partial charge in [0.15, 0.2) is 0 Å². The molecule has 0 atom stereocenters. The lowest BCUT2D eigenvalue weighted by molar-refractivity contribution is -0.116. The summed E-state index contributed by atoms with van der Waals surface area (Å²) in [6, 6.07) is 11.9. The summed E-state index contributed by atoms with van der Waals surface area (Å²) >= 11 is 0. The fourth-order valence-corrected chi connectivity index (χ4v) is 2.81. The molecule has 1 heterocycles. The average molecular weight is 379 g/mol. The van der Waals surface area contributed by atoms with Gasteiger partial charge in [0, 0.05) is 31.4 Å². The maximum atomic E-state index is 12.6. The fraction of sp³-hybridized carbons (Fsp3) is 0.200. The highest BCUT2D eigenvalue weighted by molar-refractivity contribution is 5.93. The minimum Gasteiger partial charge on any atom is -0.341 e. The number of para-hydroxylation sites is 1. The van der Waals surface area contributed by atoms with Crippen LogP contribution in [0.1, 0.15) is 12.0 Å². The van der Waals surface area contributed by atoms with Crippen LogP contribution in [-0.2, 0) is 11.3 Å². The minimum atomic E-state index is -0.345. The summed E-state index contributed by atoms with van der Waals surface area (Å²) in [6.07, 6.45) is 1.59. The lowest BCUT2D eigenvalue weighted by Gasteiger charge is -2.10. The van der Waals surface area contributed by atoms with Crippen LogP contribution in [0.25, 0.3) is 10.9 Å². The Morgan fingerprint density at radius 2 is 1.79 bits per heavy atom. The second-order valence-corrected chi connectivity index (χ2v) is 6.30. The normalized spacial score (nSPS) is 10.5. The topological polar surface area (TPSA) is 105 Å². The van der Waals surface area contributed by atoms with E-state index in [4.69, 9.17) is 0 Å². The highest BCUT2D eigenvalue weighted by Gasteiger charge is 2.09. The van der Waals surface area contributed by atoms with E-state index >= 15 is 0 Å². The maximum Gasteiger partial charge on any atom is 0.318 e. The van der Waals surface area contributed by atoms with Crippen molar-refractivity contribution in [2.75, 3.05) is 17.7 Å². The van der Waals surface area contributed by atoms with Crippen LogP contribution in [0.15, 0.2) is 53.6 Å². The summed E-state index contributed by atoms with van der Waals surface area (Å²) < 4.78 is 1.44. The molecule has 28 heavy (non-hydrogen) atoms. The van der Waals surface area contributed by atoms with Gasteiger partial charge in [-0.15, -0.1) is 0 Å². The Morgan fingerprint density at radius 1 is 1.07 bits per heavy atom. The van der Waals surface area contributed by atoms with E-state index < -0.39 is 0 Å². The highest BCUT2D eigenvalue weighted by Crippen LogP contribution is 2.15. The van der Waals surface area contributed by atoms with E-state index in [0.717, 1.165) is 5.56 Å². The standard InChI is InChI=1S/C20H21N5O3/c1-13-5-3-8-16-18(13)22-12-25(19(16)27)10-9-17(26)23-14-6-4-7-15(11-14)24-20(28)21-2/h3-8,11-12H,9-10H2,1-2H3,(H,23,26)(H2,21,24,28). The molecule has 0 aliphatic heterocycles. The second kappa shape index (κ2) is 8.34. The molecule has 3 amide bonds. The number of carbonyl (C=O) groups is 2. The van der Waals surface area contributed by atoms with Crippen LogP contribution in [0.5, 0.6) is 0 Å². The van der Waals surface area contributed by atoms with Gasteiger partial charge in [-0.25, -0.2) is 9.78 Å². The summed E-state index contributed by atoms with van der Waals surface area (Å²) in [6.45, 7) is 2.12. The number of urea groups is 1. The van der Waals surface area contributed by atoms with E-state index in [1.54, 1.807) is 30.3 Å². The number of anilines is 2. The molecular weight excluding hydrogens is 358 g/mol. The van der Waals surface area contributed by atoms with Crippen molar-refractivity contribution in [2.24, 2.45) is 0 Å². The fourth-order valence-electron chi connectivity index (χ4n) is 2.81. The molecule has 0 aliphatic carbocycles. The molecule has 1 aromatic heterocycles. The van der Waals surface area contributed by atoms with Crippen LogP contribution in [0.3, 0.4) is 0 Å². The third-order valence-corrected chi connectivity index (χ3v) is 4.27. The van der Waals surface area contributed by atoms with Crippen LogP contribution < -0.4 is 21.5 Å². The van der Waals surface area contributed by atoms with Gasteiger partial charge in [0.25, 0.3) is 5.56 Å². The molecular formula is C20H21N5O3. The molecule has 3 rings (SSSR count). The zero-order valence-electron chi connectivity index (χ0n) is 15.7. The van der Waals surface area contributed by atoms with Crippen molar-refractivity contribution >= 4 is 34.2 Å². The predicted molar refractivity (Wildman–Crippen MR) is 109 cm³/mol. The Bertz CT molecular complexity index is 1090. The molecule has 8 nitrogen and oxygen atoms in total. The quantitative estimate of drug-likeness (QED) is 0.633. The first-order valence-corrected chi connectivity index (χ1v) is 8.81. The van der Waals surface area contributed by atoms with Gasteiger partial charge < -0.3 is 16.0 Å². The average Bonchev–Trinajstić information content (AvgIpc) is 2.68. The van der Waals surface area contributed by atoms with Crippen molar-refractivity contribution in [2.45, 2.75) is 19.9 Å². The predicted octanol–water partition coefficient (Wildman–Crippen LogP) is 2.49. The zero-order valence-corrected chi connectivity index (χ0v) is 15.7. The molecule has 0 radical (unpaired) electrons. The van der Waals surface area contributed by atoms with Gasteiger partial charge in [-0.3, -0.25) is 14.2 Å². The number of hydrogen-bond donors (Lipinski definition) is 3. The van der Waals surface area contributed by atoms with Gasteiger partial charge in [0.1, 0.15) is 0 Å². The Hall–Kier alpha value is -3.68. The van der Waals surface area contributed by atoms with E-state index in [1.807, 2.05) is 19.1 Å². The highest BCUT2D eigenvalue weighted by atomic mass is 16.2. The Balaban J connectivity index is 1.66. The van der Waals surface area contributed by atoms with E-state index in [1.165, 1.54) is 17.9 Å². The number of fused-ring (bicyclic) bond motifs is 1. The summed E-state index contributed by atoms with van der Waals surface area (Å²) in [4.78, 5) is 40.5. The van der Waals surface area contributed by atoms with E-state index in [9.17, 15) is 14.4 Å². The summed E-state index contributed by atoms with van der Waals surface area (Å²) in [5.74, 6) is -0.242. The second-order valence-electron chi connectivity index (χ2n) is 6.30. The first-order valence-electron chi connectivity index (χ1n) is 8.81. The van der Waals surface area contributed by atoms with Crippen molar-refractivity contribution in [3.05, 3.63) is 64.7 Å². The third kappa shape index (κ3) is 4.35. The van der Waals surface area contributed by atoms with Crippen LogP contribution >= 0.6 is 0 Å². The molecule has 0 aliphatic rings. The van der Waals surface area contributed by atoms with Gasteiger partial charge in [0.05, 0.1) is 17.2 Å². The molecule has 0 bridgehead atoms. The van der Waals surface area contributed by atoms with Gasteiger partial charge in [0.2, 0.25) is 5.91 Å². The number of nitrogens with one attached hydrogen (secondary N) is 3. The first kappa shape index (κ1) is 19.1. The maximum absolute atomic E-state index is 12.6. The molecule has 3 aromatic rings. The number of carbonyl (C=O) groups excluding carboxylic acids is 2. The Kier molecular flexibility index (Phi) is 5.69. The van der Waals surface area contributed by atoms with Gasteiger partial charge >= 0.3 is 6.03 Å². The van der Waals surface area contributed by atoms with Crippen LogP contribution in [0.4, 0.5) is 16.2 Å². The number of rotatable bonds is 5. The van der Waals surface area contributed by atoms with Crippen molar-refractivity contribution in [3.63, 3.8) is 0 Å². The van der Waals surface area contributed by atoms with Gasteiger partial charge in [-0.05, 0) is 36.8 Å². The minimum absolute atomic E-state index is 0.117. The number of amides is 3. The lowest BCUT2D eigenvalue weighted by atomic mass is 10.1. The van der Waals surface area contributed by atoms with E-state index in [0.29, 0.717) is 22.3 Å². The van der Waals surface area contributed by atoms with Crippen molar-refractivity contribution in [1.29, 1.82) is 0 Å². The van der Waals surface area contributed by atoms with Crippen LogP contribution in [0, 0.1) is 6.92 Å². The van der Waals surface area contributed by atoms with Crippen LogP contribution in [-0.4, -0.2) is 28.5 Å². The SMILES string of the molecule is CNC(=O)Nc1cccc(NC(=O)CCn2cnc3c(C)cccc3c2=O)c1. The van der Waals surface area contributed by atoms with Gasteiger partial charge in [-0.1, -0.05) is 18.2 Å². The van der Waals surface area contributed by atoms with Crippen molar-refractivity contribution in [3.8, 4) is 0 Å². The number of benzene rings is 2. The molecule has 8 heteroatoms. The smallest absolute Gasteiger partial charge is 0.318 e. The van der Waals surface area contributed by atoms with Crippen molar-refractivity contribution in [1.82, 2.24) is 14.9 Å². The monoisotopic (exact) mass is 379 g/mol. The molecule has 0 unspecified atom stereocenters. The summed E-state index contributed by atoms with van der Waals surface area (Å²) in [5, 5.41) is 8.40. The molecule has 0 saturated heterocycles. The summed E-state index contributed by atoms with van der Waals surface area (Å²) in [7, 11) is 1.52. The van der Waals surface area contributed by atoms with E-state index in [-0.39, 0.29) is 30.5 Å². The van der Waals surface area contributed by atoms with E-state index in [2.05, 4.69) is 20.9 Å². The molecule has 2 aromatic carbocycles. The Morgan fingerprint density at radius 3 is 2.54 bits per heavy atom. The van der Waals surface area contributed by atoms with Gasteiger partial charge in [-0.2, -0.15) is 0 Å². The summed E-state index contributed by atoms with van der Waals surface area (Å²) in [5.41, 5.74) is 2.55. The van der Waals surface area contributed by atoms with Crippen molar-refractivity contribution < 1.29 is 9.59 Å². The number of hydrogen-bond acceptors (Lipinski definition) is 4. The molecule has 0 fully saturated rings. The largest absolute Gasteiger partial charge is 0.341 e. The molecule has 0 spiro atoms. The molecule has 144 valence electrons. The molecule has 0 saturated carbocycles. The first-order chi connectivity index (χ1) is 13.5. The number of nitrogens with zero attached hydrogens (tertiary/aromatic N) is 2. The Labute approximate surface area is 161 Å². The number of aryl methyl sites for hydroxylation is 2. The number of aromatic nitrogens is 2. The zero-order chi connectivity index (χ0) is 20.1. The lowest BCUT2D eigenvalue weighted by Crippen LogP contribution is -2.25.